The van der Waals surface area contributed by atoms with Crippen molar-refractivity contribution in [2.24, 2.45) is 0 Å². The molecule has 0 aliphatic heterocycles. The standard InChI is InChI=1S/C30H37N3O4S/c1-5-6-19-31-30(35)25(4)32(21-26-17-15-23(2)16-18-26)29(34)22-33(27-12-10-11-24(3)20-27)38(36,37)28-13-8-7-9-14-28/h7-18,20,25H,5-6,19,21-22H2,1-4H3,(H,31,35). The molecule has 0 saturated carbocycles. The lowest BCUT2D eigenvalue weighted by Gasteiger charge is -2.32. The van der Waals surface area contributed by atoms with Crippen LogP contribution in [0, 0.1) is 13.8 Å². The maximum absolute atomic E-state index is 13.9. The van der Waals surface area contributed by atoms with Crippen molar-refractivity contribution in [1.82, 2.24) is 10.2 Å². The number of rotatable bonds is 12. The summed E-state index contributed by atoms with van der Waals surface area (Å²) in [7, 11) is -4.06. The maximum atomic E-state index is 13.9. The van der Waals surface area contributed by atoms with Gasteiger partial charge in [0.05, 0.1) is 10.6 Å². The van der Waals surface area contributed by atoms with E-state index in [1.165, 1.54) is 17.0 Å². The molecule has 0 heterocycles. The summed E-state index contributed by atoms with van der Waals surface area (Å²) < 4.78 is 28.6. The largest absolute Gasteiger partial charge is 0.354 e. The van der Waals surface area contributed by atoms with Gasteiger partial charge in [-0.25, -0.2) is 8.42 Å². The Hall–Kier alpha value is -3.65. The number of carbonyl (C=O) groups excluding carboxylic acids is 2. The van der Waals surface area contributed by atoms with Crippen molar-refractivity contribution in [1.29, 1.82) is 0 Å². The minimum atomic E-state index is -4.06. The van der Waals surface area contributed by atoms with E-state index in [0.29, 0.717) is 12.2 Å². The zero-order chi connectivity index (χ0) is 27.7. The molecule has 0 bridgehead atoms. The van der Waals surface area contributed by atoms with Crippen molar-refractivity contribution < 1.29 is 18.0 Å². The van der Waals surface area contributed by atoms with E-state index in [4.69, 9.17) is 0 Å². The minimum absolute atomic E-state index is 0.0877. The molecule has 0 radical (unpaired) electrons. The fourth-order valence-electron chi connectivity index (χ4n) is 4.04. The SMILES string of the molecule is CCCCNC(=O)C(C)N(Cc1ccc(C)cc1)C(=O)CN(c1cccc(C)c1)S(=O)(=O)c1ccccc1. The molecule has 0 aromatic heterocycles. The van der Waals surface area contributed by atoms with Crippen LogP contribution in [0.25, 0.3) is 0 Å². The smallest absolute Gasteiger partial charge is 0.264 e. The lowest BCUT2D eigenvalue weighted by Crippen LogP contribution is -2.51. The average Bonchev–Trinajstić information content (AvgIpc) is 2.91. The van der Waals surface area contributed by atoms with Gasteiger partial charge < -0.3 is 10.2 Å². The van der Waals surface area contributed by atoms with Gasteiger partial charge in [0.1, 0.15) is 12.6 Å². The second kappa shape index (κ2) is 13.2. The van der Waals surface area contributed by atoms with E-state index in [2.05, 4.69) is 5.32 Å². The third-order valence-corrected chi connectivity index (χ3v) is 8.16. The molecule has 38 heavy (non-hydrogen) atoms. The van der Waals surface area contributed by atoms with Crippen LogP contribution < -0.4 is 9.62 Å². The predicted octanol–water partition coefficient (Wildman–Crippen LogP) is 4.83. The van der Waals surface area contributed by atoms with E-state index >= 15 is 0 Å². The van der Waals surface area contributed by atoms with Crippen LogP contribution in [0.1, 0.15) is 43.4 Å². The number of aryl methyl sites for hydroxylation is 2. The number of anilines is 1. The Labute approximate surface area is 226 Å². The lowest BCUT2D eigenvalue weighted by molar-refractivity contribution is -0.139. The fraction of sp³-hybridized carbons (Fsp3) is 0.333. The van der Waals surface area contributed by atoms with Gasteiger partial charge in [-0.1, -0.05) is 73.5 Å². The highest BCUT2D eigenvalue weighted by atomic mass is 32.2. The van der Waals surface area contributed by atoms with Gasteiger partial charge >= 0.3 is 0 Å². The van der Waals surface area contributed by atoms with Crippen LogP contribution in [0.5, 0.6) is 0 Å². The summed E-state index contributed by atoms with van der Waals surface area (Å²) in [6.07, 6.45) is 1.77. The van der Waals surface area contributed by atoms with Crippen LogP contribution in [-0.2, 0) is 26.2 Å². The zero-order valence-corrected chi connectivity index (χ0v) is 23.4. The first-order chi connectivity index (χ1) is 18.1. The van der Waals surface area contributed by atoms with E-state index in [9.17, 15) is 18.0 Å². The Bertz CT molecular complexity index is 1330. The Morgan fingerprint density at radius 3 is 2.21 bits per heavy atom. The highest BCUT2D eigenvalue weighted by molar-refractivity contribution is 7.92. The van der Waals surface area contributed by atoms with Gasteiger partial charge in [-0.05, 0) is 62.6 Å². The highest BCUT2D eigenvalue weighted by Crippen LogP contribution is 2.25. The van der Waals surface area contributed by atoms with Gasteiger partial charge in [-0.15, -0.1) is 0 Å². The van der Waals surface area contributed by atoms with Gasteiger partial charge in [-0.2, -0.15) is 0 Å². The molecule has 8 heteroatoms. The van der Waals surface area contributed by atoms with Crippen molar-refractivity contribution >= 4 is 27.5 Å². The number of nitrogens with zero attached hydrogens (tertiary/aromatic N) is 2. The van der Waals surface area contributed by atoms with Crippen LogP contribution in [0.15, 0.2) is 83.8 Å². The second-order valence-electron chi connectivity index (χ2n) is 9.49. The third kappa shape index (κ3) is 7.44. The van der Waals surface area contributed by atoms with Crippen LogP contribution >= 0.6 is 0 Å². The molecule has 7 nitrogen and oxygen atoms in total. The maximum Gasteiger partial charge on any atom is 0.264 e. The molecular formula is C30H37N3O4S. The molecule has 0 aliphatic carbocycles. The number of nitrogens with one attached hydrogen (secondary N) is 1. The lowest BCUT2D eigenvalue weighted by atomic mass is 10.1. The molecular weight excluding hydrogens is 498 g/mol. The summed E-state index contributed by atoms with van der Waals surface area (Å²) in [5, 5.41) is 2.90. The first kappa shape index (κ1) is 28.9. The Morgan fingerprint density at radius 2 is 1.58 bits per heavy atom. The van der Waals surface area contributed by atoms with Crippen LogP contribution in [0.3, 0.4) is 0 Å². The van der Waals surface area contributed by atoms with Crippen molar-refractivity contribution in [3.8, 4) is 0 Å². The first-order valence-corrected chi connectivity index (χ1v) is 14.3. The number of benzene rings is 3. The molecule has 3 aromatic rings. The number of amides is 2. The predicted molar refractivity (Wildman–Crippen MR) is 151 cm³/mol. The molecule has 0 fully saturated rings. The van der Waals surface area contributed by atoms with Crippen LogP contribution in [0.4, 0.5) is 5.69 Å². The Morgan fingerprint density at radius 1 is 0.895 bits per heavy atom. The molecule has 2 amide bonds. The van der Waals surface area contributed by atoms with Crippen molar-refractivity contribution in [2.75, 3.05) is 17.4 Å². The summed E-state index contributed by atoms with van der Waals surface area (Å²) >= 11 is 0. The van der Waals surface area contributed by atoms with E-state index in [1.54, 1.807) is 43.3 Å². The molecule has 3 aromatic carbocycles. The summed E-state index contributed by atoms with van der Waals surface area (Å²) in [6, 6.07) is 22.0. The Kier molecular flexibility index (Phi) is 10.1. The first-order valence-electron chi connectivity index (χ1n) is 12.9. The number of carbonyl (C=O) groups is 2. The summed E-state index contributed by atoms with van der Waals surface area (Å²) in [5.41, 5.74) is 3.18. The number of hydrogen-bond donors (Lipinski definition) is 1. The summed E-state index contributed by atoms with van der Waals surface area (Å²) in [6.45, 7) is 7.80. The van der Waals surface area contributed by atoms with Gasteiger partial charge in [0.25, 0.3) is 10.0 Å². The average molecular weight is 536 g/mol. The molecule has 1 unspecified atom stereocenters. The topological polar surface area (TPSA) is 86.8 Å². The number of sulfonamides is 1. The van der Waals surface area contributed by atoms with Crippen molar-refractivity contribution in [3.05, 3.63) is 95.6 Å². The van der Waals surface area contributed by atoms with E-state index in [0.717, 1.165) is 33.8 Å². The molecule has 0 saturated heterocycles. The summed E-state index contributed by atoms with van der Waals surface area (Å²) in [4.78, 5) is 28.4. The fourth-order valence-corrected chi connectivity index (χ4v) is 5.47. The van der Waals surface area contributed by atoms with E-state index < -0.39 is 28.5 Å². The van der Waals surface area contributed by atoms with Gasteiger partial charge in [-0.3, -0.25) is 13.9 Å². The minimum Gasteiger partial charge on any atom is -0.354 e. The Balaban J connectivity index is 1.98. The number of unbranched alkanes of at least 4 members (excludes halogenated alkanes) is 1. The highest BCUT2D eigenvalue weighted by Gasteiger charge is 2.32. The van der Waals surface area contributed by atoms with Crippen LogP contribution in [-0.4, -0.2) is 44.3 Å². The quantitative estimate of drug-likeness (QED) is 0.337. The van der Waals surface area contributed by atoms with E-state index in [1.807, 2.05) is 51.1 Å². The molecule has 1 N–H and O–H groups in total. The zero-order valence-electron chi connectivity index (χ0n) is 22.6. The summed E-state index contributed by atoms with van der Waals surface area (Å²) in [5.74, 6) is -0.739. The monoisotopic (exact) mass is 535 g/mol. The third-order valence-electron chi connectivity index (χ3n) is 6.37. The molecule has 1 atom stereocenters. The van der Waals surface area contributed by atoms with Crippen LogP contribution in [0.2, 0.25) is 0 Å². The van der Waals surface area contributed by atoms with Gasteiger partial charge in [0.2, 0.25) is 11.8 Å². The van der Waals surface area contributed by atoms with Gasteiger partial charge in [0.15, 0.2) is 0 Å². The molecule has 3 rings (SSSR count). The molecule has 202 valence electrons. The molecule has 0 spiro atoms. The second-order valence-corrected chi connectivity index (χ2v) is 11.4. The number of hydrogen-bond acceptors (Lipinski definition) is 4. The van der Waals surface area contributed by atoms with Crippen molar-refractivity contribution in [3.63, 3.8) is 0 Å². The van der Waals surface area contributed by atoms with Crippen molar-refractivity contribution in [2.45, 2.75) is 58.0 Å². The van der Waals surface area contributed by atoms with Gasteiger partial charge in [0, 0.05) is 13.1 Å². The molecule has 0 aliphatic rings. The van der Waals surface area contributed by atoms with E-state index in [-0.39, 0.29) is 17.3 Å². The normalized spacial score (nSPS) is 12.0.